The van der Waals surface area contributed by atoms with E-state index >= 15 is 0 Å². The Balaban J connectivity index is 1.55. The minimum Gasteiger partial charge on any atom is -0.435 e. The van der Waals surface area contributed by atoms with Gasteiger partial charge in [0, 0.05) is 23.0 Å². The van der Waals surface area contributed by atoms with Crippen LogP contribution in [-0.2, 0) is 0 Å². The van der Waals surface area contributed by atoms with E-state index in [0.717, 1.165) is 11.4 Å². The van der Waals surface area contributed by atoms with Crippen molar-refractivity contribution in [3.8, 4) is 5.75 Å². The maximum atomic E-state index is 12.2. The lowest BCUT2D eigenvalue weighted by Gasteiger charge is -2.38. The molecule has 0 radical (unpaired) electrons. The van der Waals surface area contributed by atoms with Crippen LogP contribution in [-0.4, -0.2) is 35.6 Å². The summed E-state index contributed by atoms with van der Waals surface area (Å²) < 4.78 is 31.4. The highest BCUT2D eigenvalue weighted by molar-refractivity contribution is 7.97. The van der Waals surface area contributed by atoms with E-state index in [1.807, 2.05) is 12.1 Å². The normalized spacial score (nSPS) is 27.2. The number of piperidine rings is 1. The van der Waals surface area contributed by atoms with E-state index in [-0.39, 0.29) is 5.75 Å². The molecule has 2 unspecified atom stereocenters. The minimum absolute atomic E-state index is 0.217. The summed E-state index contributed by atoms with van der Waals surface area (Å²) in [6.45, 7) is 2.81. The van der Waals surface area contributed by atoms with Crippen molar-refractivity contribution in [2.24, 2.45) is 5.92 Å². The van der Waals surface area contributed by atoms with Gasteiger partial charge in [-0.1, -0.05) is 13.8 Å². The number of fused-ring (bicyclic) bond motifs is 2. The highest BCUT2D eigenvalue weighted by atomic mass is 32.2. The predicted octanol–water partition coefficient (Wildman–Crippen LogP) is 4.54. The van der Waals surface area contributed by atoms with Gasteiger partial charge in [0.05, 0.1) is 0 Å². The third-order valence-electron chi connectivity index (χ3n) is 4.74. The van der Waals surface area contributed by atoms with Crippen molar-refractivity contribution >= 4 is 11.9 Å². The van der Waals surface area contributed by atoms with Crippen molar-refractivity contribution in [1.29, 1.82) is 0 Å². The number of rotatable bonds is 7. The van der Waals surface area contributed by atoms with Gasteiger partial charge in [-0.05, 0) is 74.4 Å². The average Bonchev–Trinajstić information content (AvgIpc) is 2.77. The molecule has 24 heavy (non-hydrogen) atoms. The Morgan fingerprint density at radius 3 is 2.33 bits per heavy atom. The fraction of sp³-hybridized carbons (Fsp3) is 0.667. The molecule has 0 aliphatic carbocycles. The summed E-state index contributed by atoms with van der Waals surface area (Å²) in [5.41, 5.74) is 0. The lowest BCUT2D eigenvalue weighted by molar-refractivity contribution is -0.0498. The second-order valence-electron chi connectivity index (χ2n) is 7.16. The van der Waals surface area contributed by atoms with Gasteiger partial charge in [0.15, 0.2) is 0 Å². The number of nitrogens with zero attached hydrogens (tertiary/aromatic N) is 1. The van der Waals surface area contributed by atoms with Gasteiger partial charge >= 0.3 is 6.61 Å². The minimum atomic E-state index is -2.77. The molecule has 0 amide bonds. The van der Waals surface area contributed by atoms with E-state index in [9.17, 15) is 8.78 Å². The molecule has 2 aliphatic heterocycles. The molecule has 134 valence electrons. The van der Waals surface area contributed by atoms with Crippen LogP contribution < -0.4 is 10.1 Å². The summed E-state index contributed by atoms with van der Waals surface area (Å²) in [6, 6.07) is 8.81. The van der Waals surface area contributed by atoms with E-state index in [1.165, 1.54) is 25.7 Å². The second kappa shape index (κ2) is 8.02. The maximum Gasteiger partial charge on any atom is 0.387 e. The lowest BCUT2D eigenvalue weighted by Crippen LogP contribution is -2.46. The van der Waals surface area contributed by atoms with Crippen molar-refractivity contribution in [3.05, 3.63) is 24.3 Å². The summed E-state index contributed by atoms with van der Waals surface area (Å²) >= 11 is 1.76. The number of nitrogens with one attached hydrogen (secondary N) is 1. The van der Waals surface area contributed by atoms with Gasteiger partial charge in [-0.3, -0.25) is 0 Å². The number of halogens is 2. The second-order valence-corrected chi connectivity index (χ2v) is 8.23. The van der Waals surface area contributed by atoms with Crippen LogP contribution in [0.2, 0.25) is 0 Å². The van der Waals surface area contributed by atoms with Gasteiger partial charge < -0.3 is 10.1 Å². The molecule has 1 N–H and O–H groups in total. The van der Waals surface area contributed by atoms with Crippen molar-refractivity contribution in [2.45, 2.75) is 69.2 Å². The molecule has 2 aliphatic rings. The van der Waals surface area contributed by atoms with Crippen LogP contribution in [0.15, 0.2) is 29.2 Å². The van der Waals surface area contributed by atoms with Gasteiger partial charge in [-0.2, -0.15) is 8.78 Å². The van der Waals surface area contributed by atoms with Crippen LogP contribution in [0.1, 0.15) is 39.5 Å². The molecule has 0 aromatic heterocycles. The number of ether oxygens (including phenoxy) is 1. The molecule has 2 fully saturated rings. The van der Waals surface area contributed by atoms with Crippen LogP contribution in [0.3, 0.4) is 0 Å². The first-order valence-corrected chi connectivity index (χ1v) is 9.53. The molecule has 2 atom stereocenters. The summed E-state index contributed by atoms with van der Waals surface area (Å²) in [5, 5.41) is 3.71. The predicted molar refractivity (Wildman–Crippen MR) is 93.4 cm³/mol. The number of benzene rings is 1. The van der Waals surface area contributed by atoms with E-state index in [0.29, 0.717) is 24.0 Å². The van der Waals surface area contributed by atoms with E-state index in [4.69, 9.17) is 0 Å². The zero-order valence-corrected chi connectivity index (χ0v) is 15.1. The van der Waals surface area contributed by atoms with Crippen LogP contribution >= 0.6 is 11.9 Å². The Kier molecular flexibility index (Phi) is 6.00. The van der Waals surface area contributed by atoms with Crippen LogP contribution in [0.4, 0.5) is 8.78 Å². The first-order chi connectivity index (χ1) is 11.5. The van der Waals surface area contributed by atoms with Crippen molar-refractivity contribution < 1.29 is 13.5 Å². The molecule has 2 saturated heterocycles. The van der Waals surface area contributed by atoms with Gasteiger partial charge in [-0.25, -0.2) is 4.31 Å². The monoisotopic (exact) mass is 356 g/mol. The molecule has 6 heteroatoms. The molecule has 2 bridgehead atoms. The molecule has 1 aromatic carbocycles. The quantitative estimate of drug-likeness (QED) is 0.725. The third-order valence-corrected chi connectivity index (χ3v) is 6.03. The first kappa shape index (κ1) is 18.0. The van der Waals surface area contributed by atoms with Gasteiger partial charge in [0.2, 0.25) is 0 Å². The molecule has 0 spiro atoms. The van der Waals surface area contributed by atoms with Crippen LogP contribution in [0.25, 0.3) is 0 Å². The largest absolute Gasteiger partial charge is 0.435 e. The summed E-state index contributed by atoms with van der Waals surface area (Å²) in [5.74, 6) is 0.901. The Bertz CT molecular complexity index is 512. The summed E-state index contributed by atoms with van der Waals surface area (Å²) in [7, 11) is 0. The summed E-state index contributed by atoms with van der Waals surface area (Å²) in [6.07, 6.45) is 4.90. The molecule has 2 heterocycles. The molecule has 1 aromatic rings. The van der Waals surface area contributed by atoms with Gasteiger partial charge in [-0.15, -0.1) is 0 Å². The Morgan fingerprint density at radius 2 is 1.79 bits per heavy atom. The van der Waals surface area contributed by atoms with Crippen molar-refractivity contribution in [1.82, 2.24) is 9.62 Å². The van der Waals surface area contributed by atoms with E-state index in [2.05, 4.69) is 28.2 Å². The highest BCUT2D eigenvalue weighted by Crippen LogP contribution is 2.43. The summed E-state index contributed by atoms with van der Waals surface area (Å²) in [4.78, 5) is 1.09. The Morgan fingerprint density at radius 1 is 1.17 bits per heavy atom. The molecule has 3 nitrogen and oxygen atoms in total. The zero-order valence-electron chi connectivity index (χ0n) is 14.3. The Labute approximate surface area is 147 Å². The average molecular weight is 356 g/mol. The lowest BCUT2D eigenvalue weighted by atomic mass is 9.99. The number of hydrogen-bond donors (Lipinski definition) is 1. The van der Waals surface area contributed by atoms with Crippen LogP contribution in [0.5, 0.6) is 5.75 Å². The topological polar surface area (TPSA) is 24.5 Å². The SMILES string of the molecule is CC(C)CNC1CC2CCC(C1)N2Sc1ccc(OC(F)F)cc1. The zero-order chi connectivity index (χ0) is 17.1. The fourth-order valence-electron chi connectivity index (χ4n) is 3.66. The molecular weight excluding hydrogens is 330 g/mol. The smallest absolute Gasteiger partial charge is 0.387 e. The first-order valence-electron chi connectivity index (χ1n) is 8.76. The molecule has 3 rings (SSSR count). The third kappa shape index (κ3) is 4.61. The standard InChI is InChI=1S/C18H26F2N2OS/c1-12(2)11-21-13-9-14-3-4-15(10-13)22(14)24-17-7-5-16(6-8-17)23-18(19)20/h5-8,12-15,18,21H,3-4,9-11H2,1-2H3. The van der Waals surface area contributed by atoms with Crippen molar-refractivity contribution in [3.63, 3.8) is 0 Å². The molecular formula is C18H26F2N2OS. The molecule has 0 saturated carbocycles. The highest BCUT2D eigenvalue weighted by Gasteiger charge is 2.41. The number of hydrogen-bond acceptors (Lipinski definition) is 4. The van der Waals surface area contributed by atoms with Crippen LogP contribution in [0, 0.1) is 5.92 Å². The van der Waals surface area contributed by atoms with E-state index in [1.54, 1.807) is 24.1 Å². The van der Waals surface area contributed by atoms with E-state index < -0.39 is 6.61 Å². The van der Waals surface area contributed by atoms with Gasteiger partial charge in [0.25, 0.3) is 0 Å². The fourth-order valence-corrected chi connectivity index (χ4v) is 4.84. The van der Waals surface area contributed by atoms with Gasteiger partial charge in [0.1, 0.15) is 5.75 Å². The maximum absolute atomic E-state index is 12.2. The Hall–Kier alpha value is -0.850. The van der Waals surface area contributed by atoms with Crippen molar-refractivity contribution in [2.75, 3.05) is 6.54 Å². The number of alkyl halides is 2.